The fraction of sp³-hybridized carbons (Fsp3) is 0.667. The first-order valence-corrected chi connectivity index (χ1v) is 11.4. The van der Waals surface area contributed by atoms with Gasteiger partial charge in [0, 0.05) is 38.2 Å². The number of nitrogens with zero attached hydrogens (tertiary/aromatic N) is 4. The minimum atomic E-state index is 0.108. The number of hydroxylamine groups is 2. The molecule has 6 nitrogen and oxygen atoms in total. The summed E-state index contributed by atoms with van der Waals surface area (Å²) in [5.41, 5.74) is 2.18. The fourth-order valence-corrected chi connectivity index (χ4v) is 4.87. The molecule has 0 saturated carbocycles. The summed E-state index contributed by atoms with van der Waals surface area (Å²) in [7, 11) is 0. The van der Waals surface area contributed by atoms with Gasteiger partial charge in [-0.05, 0) is 55.3 Å². The third kappa shape index (κ3) is 4.70. The normalized spacial score (nSPS) is 24.6. The standard InChI is InChI=1S/C24H36N4O2/c1-18-25-17-28(30-18)22-6-5-13-27(16-22)21-11-14-26(15-12-21)23(29)19-7-9-20(10-8-19)24(2,3)4/h7-10,21-22H,5-6,11-17H2,1-4H3. The van der Waals surface area contributed by atoms with Gasteiger partial charge in [0.2, 0.25) is 5.90 Å². The number of carbonyl (C=O) groups is 1. The van der Waals surface area contributed by atoms with Gasteiger partial charge in [-0.15, -0.1) is 5.06 Å². The van der Waals surface area contributed by atoms with Gasteiger partial charge in [0.15, 0.2) is 0 Å². The summed E-state index contributed by atoms with van der Waals surface area (Å²) in [4.78, 5) is 27.8. The Labute approximate surface area is 180 Å². The molecule has 0 spiro atoms. The number of piperidine rings is 2. The lowest BCUT2D eigenvalue weighted by atomic mass is 9.86. The molecule has 3 heterocycles. The third-order valence-electron chi connectivity index (χ3n) is 6.78. The van der Waals surface area contributed by atoms with E-state index in [1.807, 2.05) is 29.0 Å². The van der Waals surface area contributed by atoms with Crippen molar-refractivity contribution in [2.24, 2.45) is 4.99 Å². The summed E-state index contributed by atoms with van der Waals surface area (Å²) in [6.45, 7) is 13.0. The number of amides is 1. The number of benzene rings is 1. The van der Waals surface area contributed by atoms with E-state index in [1.165, 1.54) is 18.4 Å². The van der Waals surface area contributed by atoms with Crippen molar-refractivity contribution < 1.29 is 9.63 Å². The number of hydrogen-bond acceptors (Lipinski definition) is 5. The topological polar surface area (TPSA) is 48.4 Å². The summed E-state index contributed by atoms with van der Waals surface area (Å²) in [6, 6.07) is 9.15. The van der Waals surface area contributed by atoms with E-state index < -0.39 is 0 Å². The SMILES string of the molecule is CC1=NCN(C2CCCN(C3CCN(C(=O)c4ccc(C(C)(C)C)cc4)CC3)C2)O1. The van der Waals surface area contributed by atoms with Crippen LogP contribution in [0.2, 0.25) is 0 Å². The van der Waals surface area contributed by atoms with Crippen molar-refractivity contribution in [3.05, 3.63) is 35.4 Å². The smallest absolute Gasteiger partial charge is 0.253 e. The molecule has 1 atom stereocenters. The van der Waals surface area contributed by atoms with Crippen LogP contribution in [0, 0.1) is 0 Å². The second-order valence-electron chi connectivity index (χ2n) is 9.97. The quantitative estimate of drug-likeness (QED) is 0.760. The Kier molecular flexibility index (Phi) is 6.16. The highest BCUT2D eigenvalue weighted by Gasteiger charge is 2.34. The van der Waals surface area contributed by atoms with Crippen LogP contribution in [0.25, 0.3) is 0 Å². The van der Waals surface area contributed by atoms with Gasteiger partial charge in [-0.25, -0.2) is 4.99 Å². The minimum Gasteiger partial charge on any atom is -0.389 e. The summed E-state index contributed by atoms with van der Waals surface area (Å²) >= 11 is 0. The zero-order valence-corrected chi connectivity index (χ0v) is 18.9. The molecule has 3 aliphatic heterocycles. The van der Waals surface area contributed by atoms with Crippen molar-refractivity contribution in [2.75, 3.05) is 32.8 Å². The molecule has 6 heteroatoms. The van der Waals surface area contributed by atoms with Crippen LogP contribution in [0.3, 0.4) is 0 Å². The van der Waals surface area contributed by atoms with Crippen LogP contribution in [-0.2, 0) is 10.3 Å². The molecule has 4 rings (SSSR count). The van der Waals surface area contributed by atoms with E-state index in [0.29, 0.717) is 18.8 Å². The molecule has 2 saturated heterocycles. The highest BCUT2D eigenvalue weighted by atomic mass is 16.7. The highest BCUT2D eigenvalue weighted by Crippen LogP contribution is 2.26. The molecule has 30 heavy (non-hydrogen) atoms. The van der Waals surface area contributed by atoms with Gasteiger partial charge in [0.05, 0.1) is 6.04 Å². The van der Waals surface area contributed by atoms with Crippen LogP contribution in [0.15, 0.2) is 29.3 Å². The average molecular weight is 413 g/mol. The van der Waals surface area contributed by atoms with E-state index in [9.17, 15) is 4.79 Å². The molecule has 0 radical (unpaired) electrons. The number of likely N-dealkylation sites (tertiary alicyclic amines) is 2. The van der Waals surface area contributed by atoms with Gasteiger partial charge in [-0.1, -0.05) is 32.9 Å². The number of carbonyl (C=O) groups excluding carboxylic acids is 1. The van der Waals surface area contributed by atoms with Crippen molar-refractivity contribution in [1.29, 1.82) is 0 Å². The molecule has 1 aromatic rings. The Morgan fingerprint density at radius 1 is 1.03 bits per heavy atom. The van der Waals surface area contributed by atoms with E-state index in [2.05, 4.69) is 42.8 Å². The van der Waals surface area contributed by atoms with Crippen LogP contribution < -0.4 is 0 Å². The van der Waals surface area contributed by atoms with Crippen LogP contribution in [0.5, 0.6) is 0 Å². The van der Waals surface area contributed by atoms with Crippen LogP contribution in [-0.4, -0.2) is 71.6 Å². The lowest BCUT2D eigenvalue weighted by molar-refractivity contribution is -0.111. The highest BCUT2D eigenvalue weighted by molar-refractivity contribution is 5.94. The predicted octanol–water partition coefficient (Wildman–Crippen LogP) is 3.68. The van der Waals surface area contributed by atoms with Crippen molar-refractivity contribution >= 4 is 11.8 Å². The van der Waals surface area contributed by atoms with E-state index in [-0.39, 0.29) is 11.3 Å². The Bertz CT molecular complexity index is 775. The van der Waals surface area contributed by atoms with Crippen molar-refractivity contribution in [3.8, 4) is 0 Å². The molecular weight excluding hydrogens is 376 g/mol. The van der Waals surface area contributed by atoms with Crippen molar-refractivity contribution in [3.63, 3.8) is 0 Å². The van der Waals surface area contributed by atoms with E-state index >= 15 is 0 Å². The molecule has 164 valence electrons. The molecule has 0 aliphatic carbocycles. The Morgan fingerprint density at radius 2 is 1.73 bits per heavy atom. The predicted molar refractivity (Wildman–Crippen MR) is 120 cm³/mol. The minimum absolute atomic E-state index is 0.108. The van der Waals surface area contributed by atoms with Gasteiger partial charge in [0.1, 0.15) is 6.67 Å². The molecule has 0 N–H and O–H groups in total. The van der Waals surface area contributed by atoms with Gasteiger partial charge in [-0.3, -0.25) is 9.69 Å². The Balaban J connectivity index is 1.29. The monoisotopic (exact) mass is 412 g/mol. The summed E-state index contributed by atoms with van der Waals surface area (Å²) in [5, 5.41) is 2.04. The second kappa shape index (κ2) is 8.67. The first-order chi connectivity index (χ1) is 14.3. The van der Waals surface area contributed by atoms with Crippen molar-refractivity contribution in [1.82, 2.24) is 14.9 Å². The van der Waals surface area contributed by atoms with Crippen LogP contribution in [0.1, 0.15) is 69.3 Å². The van der Waals surface area contributed by atoms with Gasteiger partial charge >= 0.3 is 0 Å². The number of rotatable bonds is 3. The summed E-state index contributed by atoms with van der Waals surface area (Å²) in [5.74, 6) is 0.943. The zero-order chi connectivity index (χ0) is 21.3. The molecule has 1 unspecified atom stereocenters. The molecule has 2 fully saturated rings. The molecule has 1 aromatic carbocycles. The van der Waals surface area contributed by atoms with E-state index in [0.717, 1.165) is 50.5 Å². The molecular formula is C24H36N4O2. The van der Waals surface area contributed by atoms with E-state index in [1.54, 1.807) is 0 Å². The summed E-state index contributed by atoms with van der Waals surface area (Å²) < 4.78 is 0. The largest absolute Gasteiger partial charge is 0.389 e. The lowest BCUT2D eigenvalue weighted by Gasteiger charge is -2.43. The van der Waals surface area contributed by atoms with Gasteiger partial charge in [-0.2, -0.15) is 0 Å². The maximum atomic E-state index is 13.0. The molecule has 3 aliphatic rings. The first kappa shape index (κ1) is 21.3. The maximum absolute atomic E-state index is 13.0. The third-order valence-corrected chi connectivity index (χ3v) is 6.78. The second-order valence-corrected chi connectivity index (χ2v) is 9.97. The summed E-state index contributed by atoms with van der Waals surface area (Å²) in [6.07, 6.45) is 4.47. The zero-order valence-electron chi connectivity index (χ0n) is 18.9. The number of aliphatic imine (C=N–C) groups is 1. The lowest BCUT2D eigenvalue weighted by Crippen LogP contribution is -2.53. The average Bonchev–Trinajstić information content (AvgIpc) is 3.19. The fourth-order valence-electron chi connectivity index (χ4n) is 4.87. The maximum Gasteiger partial charge on any atom is 0.253 e. The molecule has 0 bridgehead atoms. The van der Waals surface area contributed by atoms with Gasteiger partial charge < -0.3 is 9.74 Å². The van der Waals surface area contributed by atoms with E-state index in [4.69, 9.17) is 4.84 Å². The Morgan fingerprint density at radius 3 is 2.33 bits per heavy atom. The van der Waals surface area contributed by atoms with Crippen LogP contribution in [0.4, 0.5) is 0 Å². The number of hydrogen-bond donors (Lipinski definition) is 0. The molecule has 1 amide bonds. The van der Waals surface area contributed by atoms with Gasteiger partial charge in [0.25, 0.3) is 5.91 Å². The first-order valence-electron chi connectivity index (χ1n) is 11.4. The van der Waals surface area contributed by atoms with Crippen LogP contribution >= 0.6 is 0 Å². The van der Waals surface area contributed by atoms with Crippen molar-refractivity contribution in [2.45, 2.75) is 70.9 Å². The Hall–Kier alpha value is -1.92. The molecule has 0 aromatic heterocycles.